The topological polar surface area (TPSA) is 84.5 Å². The lowest BCUT2D eigenvalue weighted by Gasteiger charge is -2.11. The predicted molar refractivity (Wildman–Crippen MR) is 122 cm³/mol. The number of amides is 1. The highest BCUT2D eigenvalue weighted by Gasteiger charge is 2.16. The molecule has 31 heavy (non-hydrogen) atoms. The van der Waals surface area contributed by atoms with Gasteiger partial charge < -0.3 is 10.1 Å². The zero-order valence-corrected chi connectivity index (χ0v) is 18.6. The van der Waals surface area contributed by atoms with Crippen molar-refractivity contribution in [3.05, 3.63) is 89.5 Å². The van der Waals surface area contributed by atoms with Crippen molar-refractivity contribution in [2.24, 2.45) is 0 Å². The molecular weight excluding hydrogens is 412 g/mol. The second kappa shape index (κ2) is 9.66. The normalized spacial score (nSPS) is 11.2. The number of benzene rings is 3. The van der Waals surface area contributed by atoms with Crippen LogP contribution >= 0.6 is 0 Å². The first-order chi connectivity index (χ1) is 14.7. The first-order valence-corrected chi connectivity index (χ1v) is 11.5. The molecule has 0 unspecified atom stereocenters. The van der Waals surface area contributed by atoms with E-state index in [1.54, 1.807) is 12.1 Å². The summed E-state index contributed by atoms with van der Waals surface area (Å²) >= 11 is 0. The largest absolute Gasteiger partial charge is 0.491 e. The first-order valence-electron chi connectivity index (χ1n) is 9.97. The molecule has 0 saturated heterocycles. The van der Waals surface area contributed by atoms with Gasteiger partial charge in [-0.25, -0.2) is 8.42 Å². The van der Waals surface area contributed by atoms with Gasteiger partial charge in [0.15, 0.2) is 0 Å². The number of hydrogen-bond donors (Lipinski definition) is 2. The monoisotopic (exact) mass is 438 g/mol. The van der Waals surface area contributed by atoms with Crippen LogP contribution in [-0.2, 0) is 16.6 Å². The van der Waals surface area contributed by atoms with E-state index < -0.39 is 10.0 Å². The molecule has 3 aromatic carbocycles. The van der Waals surface area contributed by atoms with Crippen molar-refractivity contribution in [1.29, 1.82) is 0 Å². The fourth-order valence-electron chi connectivity index (χ4n) is 2.92. The number of sulfonamides is 1. The van der Waals surface area contributed by atoms with Crippen molar-refractivity contribution < 1.29 is 17.9 Å². The fraction of sp³-hybridized carbons (Fsp3) is 0.208. The van der Waals surface area contributed by atoms with Crippen molar-refractivity contribution >= 4 is 21.6 Å². The molecule has 0 aromatic heterocycles. The molecule has 0 atom stereocenters. The van der Waals surface area contributed by atoms with Gasteiger partial charge in [0, 0.05) is 12.1 Å². The van der Waals surface area contributed by atoms with Crippen molar-refractivity contribution in [2.45, 2.75) is 38.3 Å². The van der Waals surface area contributed by atoms with Crippen LogP contribution in [0.2, 0.25) is 0 Å². The molecule has 0 heterocycles. The van der Waals surface area contributed by atoms with E-state index in [9.17, 15) is 13.2 Å². The molecule has 0 aliphatic heterocycles. The van der Waals surface area contributed by atoms with Gasteiger partial charge in [-0.15, -0.1) is 0 Å². The average molecular weight is 439 g/mol. The number of ether oxygens (including phenoxy) is 1. The Hall–Kier alpha value is -3.32. The molecule has 3 rings (SSSR count). The molecule has 1 amide bonds. The van der Waals surface area contributed by atoms with Crippen LogP contribution in [0.5, 0.6) is 5.75 Å². The van der Waals surface area contributed by atoms with Crippen LogP contribution in [0.25, 0.3) is 0 Å². The molecule has 0 spiro atoms. The molecule has 0 aliphatic rings. The number of rotatable bonds is 8. The average Bonchev–Trinajstić information content (AvgIpc) is 2.74. The van der Waals surface area contributed by atoms with E-state index >= 15 is 0 Å². The molecule has 162 valence electrons. The maximum absolute atomic E-state index is 12.6. The van der Waals surface area contributed by atoms with Crippen LogP contribution in [-0.4, -0.2) is 20.4 Å². The van der Waals surface area contributed by atoms with Gasteiger partial charge in [0.2, 0.25) is 0 Å². The Morgan fingerprint density at radius 2 is 1.58 bits per heavy atom. The Morgan fingerprint density at radius 1 is 0.935 bits per heavy atom. The molecule has 0 saturated carbocycles. The quantitative estimate of drug-likeness (QED) is 0.542. The number of carbonyl (C=O) groups is 1. The van der Waals surface area contributed by atoms with Crippen molar-refractivity contribution in [3.8, 4) is 5.75 Å². The first kappa shape index (κ1) is 22.4. The number of nitrogens with one attached hydrogen (secondary N) is 2. The Balaban J connectivity index is 1.61. The van der Waals surface area contributed by atoms with Gasteiger partial charge in [0.05, 0.1) is 16.7 Å². The zero-order valence-electron chi connectivity index (χ0n) is 17.8. The van der Waals surface area contributed by atoms with Crippen LogP contribution in [0.15, 0.2) is 77.7 Å². The Labute approximate surface area is 183 Å². The molecule has 7 heteroatoms. The summed E-state index contributed by atoms with van der Waals surface area (Å²) in [6.45, 7) is 6.11. The summed E-state index contributed by atoms with van der Waals surface area (Å²) in [5.41, 5.74) is 2.67. The second-order valence-corrected chi connectivity index (χ2v) is 9.12. The molecule has 0 fully saturated rings. The highest BCUT2D eigenvalue weighted by Crippen LogP contribution is 2.20. The van der Waals surface area contributed by atoms with E-state index in [0.717, 1.165) is 16.9 Å². The summed E-state index contributed by atoms with van der Waals surface area (Å²) in [7, 11) is -3.74. The van der Waals surface area contributed by atoms with Crippen LogP contribution in [0.1, 0.15) is 35.3 Å². The molecular formula is C24H26N2O4S. The lowest BCUT2D eigenvalue weighted by Crippen LogP contribution is -2.23. The summed E-state index contributed by atoms with van der Waals surface area (Å²) in [4.78, 5) is 12.5. The van der Waals surface area contributed by atoms with Gasteiger partial charge in [0.25, 0.3) is 15.9 Å². The van der Waals surface area contributed by atoms with Crippen LogP contribution < -0.4 is 14.8 Å². The van der Waals surface area contributed by atoms with Gasteiger partial charge in [0.1, 0.15) is 5.75 Å². The summed E-state index contributed by atoms with van der Waals surface area (Å²) in [6.07, 6.45) is 0.101. The van der Waals surface area contributed by atoms with Gasteiger partial charge in [-0.1, -0.05) is 30.3 Å². The van der Waals surface area contributed by atoms with Gasteiger partial charge in [-0.2, -0.15) is 0 Å². The minimum absolute atomic E-state index is 0.0908. The number of carbonyl (C=O) groups excluding carboxylic acids is 1. The van der Waals surface area contributed by atoms with Crippen LogP contribution in [0, 0.1) is 6.92 Å². The minimum Gasteiger partial charge on any atom is -0.491 e. The smallest absolute Gasteiger partial charge is 0.261 e. The number of hydrogen-bond acceptors (Lipinski definition) is 4. The number of para-hydroxylation sites is 1. The van der Waals surface area contributed by atoms with Crippen LogP contribution in [0.4, 0.5) is 5.69 Å². The van der Waals surface area contributed by atoms with E-state index in [-0.39, 0.29) is 16.9 Å². The standard InChI is InChI=1S/C24H26N2O4S/c1-17(2)30-21-12-8-19(9-13-21)16-25-24(27)20-10-14-22(15-11-20)31(28,29)26-23-7-5-4-6-18(23)3/h4-15,17,26H,16H2,1-3H3,(H,25,27). The Kier molecular flexibility index (Phi) is 6.97. The summed E-state index contributed by atoms with van der Waals surface area (Å²) in [5.74, 6) is 0.500. The van der Waals surface area contributed by atoms with Crippen molar-refractivity contribution in [2.75, 3.05) is 4.72 Å². The maximum Gasteiger partial charge on any atom is 0.261 e. The molecule has 0 bridgehead atoms. The molecule has 3 aromatic rings. The third kappa shape index (κ3) is 6.08. The molecule has 6 nitrogen and oxygen atoms in total. The highest BCUT2D eigenvalue weighted by molar-refractivity contribution is 7.92. The zero-order chi connectivity index (χ0) is 22.4. The van der Waals surface area contributed by atoms with Crippen LogP contribution in [0.3, 0.4) is 0 Å². The van der Waals surface area contributed by atoms with E-state index in [1.165, 1.54) is 24.3 Å². The van der Waals surface area contributed by atoms with E-state index in [4.69, 9.17) is 4.74 Å². The van der Waals surface area contributed by atoms with Gasteiger partial charge in [-0.3, -0.25) is 9.52 Å². The predicted octanol–water partition coefficient (Wildman–Crippen LogP) is 4.51. The molecule has 0 aliphatic carbocycles. The Bertz CT molecular complexity index is 1140. The number of aryl methyl sites for hydroxylation is 1. The lowest BCUT2D eigenvalue weighted by molar-refractivity contribution is 0.0951. The number of anilines is 1. The maximum atomic E-state index is 12.6. The Morgan fingerprint density at radius 3 is 2.19 bits per heavy atom. The minimum atomic E-state index is -3.74. The van der Waals surface area contributed by atoms with E-state index in [2.05, 4.69) is 10.0 Å². The second-order valence-electron chi connectivity index (χ2n) is 7.44. The molecule has 0 radical (unpaired) electrons. The summed E-state index contributed by atoms with van der Waals surface area (Å²) in [5, 5.41) is 2.84. The molecule has 2 N–H and O–H groups in total. The summed E-state index contributed by atoms with van der Waals surface area (Å²) < 4.78 is 33.4. The van der Waals surface area contributed by atoms with Gasteiger partial charge in [-0.05, 0) is 74.4 Å². The van der Waals surface area contributed by atoms with Crippen molar-refractivity contribution in [3.63, 3.8) is 0 Å². The summed E-state index contributed by atoms with van der Waals surface area (Å²) in [6, 6.07) is 20.5. The highest BCUT2D eigenvalue weighted by atomic mass is 32.2. The fourth-order valence-corrected chi connectivity index (χ4v) is 4.05. The van der Waals surface area contributed by atoms with E-state index in [1.807, 2.05) is 57.2 Å². The third-order valence-electron chi connectivity index (χ3n) is 4.56. The lowest BCUT2D eigenvalue weighted by atomic mass is 10.2. The van der Waals surface area contributed by atoms with E-state index in [0.29, 0.717) is 17.8 Å². The van der Waals surface area contributed by atoms with Gasteiger partial charge >= 0.3 is 0 Å². The SMILES string of the molecule is Cc1ccccc1NS(=O)(=O)c1ccc(C(=O)NCc2ccc(OC(C)C)cc2)cc1. The van der Waals surface area contributed by atoms with Crippen molar-refractivity contribution in [1.82, 2.24) is 5.32 Å². The third-order valence-corrected chi connectivity index (χ3v) is 5.95.